The molecule has 1 amide bonds. The van der Waals surface area contributed by atoms with Gasteiger partial charge in [-0.25, -0.2) is 0 Å². The Labute approximate surface area is 105 Å². The molecule has 0 saturated carbocycles. The molecule has 4 nitrogen and oxygen atoms in total. The second kappa shape index (κ2) is 9.42. The summed E-state index contributed by atoms with van der Waals surface area (Å²) in [5.74, 6) is 0.480. The molecule has 0 aliphatic heterocycles. The quantitative estimate of drug-likeness (QED) is 0.573. The van der Waals surface area contributed by atoms with Crippen LogP contribution in [0.25, 0.3) is 0 Å². The molecule has 0 heterocycles. The summed E-state index contributed by atoms with van der Waals surface area (Å²) < 4.78 is 0. The van der Waals surface area contributed by atoms with Crippen LogP contribution in [-0.2, 0) is 4.79 Å². The lowest BCUT2D eigenvalue weighted by atomic mass is 10.1. The molecule has 0 bridgehead atoms. The highest BCUT2D eigenvalue weighted by atomic mass is 16.3. The van der Waals surface area contributed by atoms with Crippen molar-refractivity contribution >= 4 is 5.91 Å². The van der Waals surface area contributed by atoms with E-state index in [0.717, 1.165) is 19.3 Å². The Bertz CT molecular complexity index is 208. The van der Waals surface area contributed by atoms with Gasteiger partial charge >= 0.3 is 0 Å². The molecule has 0 rings (SSSR count). The summed E-state index contributed by atoms with van der Waals surface area (Å²) in [4.78, 5) is 11.5. The van der Waals surface area contributed by atoms with Crippen LogP contribution in [0.2, 0.25) is 0 Å². The van der Waals surface area contributed by atoms with Gasteiger partial charge in [-0.2, -0.15) is 0 Å². The summed E-state index contributed by atoms with van der Waals surface area (Å²) in [6, 6.07) is 0.231. The molecule has 0 aliphatic carbocycles. The highest BCUT2D eigenvalue weighted by Crippen LogP contribution is 2.02. The fourth-order valence-electron chi connectivity index (χ4n) is 1.81. The molecule has 0 aromatic rings. The van der Waals surface area contributed by atoms with E-state index >= 15 is 0 Å². The van der Waals surface area contributed by atoms with Crippen LogP contribution >= 0.6 is 0 Å². The van der Waals surface area contributed by atoms with E-state index in [4.69, 9.17) is 0 Å². The monoisotopic (exact) mass is 244 g/mol. The third-order valence-corrected chi connectivity index (χ3v) is 2.54. The zero-order valence-corrected chi connectivity index (χ0v) is 11.6. The predicted octanol–water partition coefficient (Wildman–Crippen LogP) is 1.29. The number of aliphatic hydroxyl groups excluding tert-OH is 1. The van der Waals surface area contributed by atoms with Gasteiger partial charge < -0.3 is 15.7 Å². The van der Waals surface area contributed by atoms with E-state index in [-0.39, 0.29) is 24.6 Å². The van der Waals surface area contributed by atoms with Gasteiger partial charge in [-0.15, -0.1) is 0 Å². The lowest BCUT2D eigenvalue weighted by Crippen LogP contribution is -2.41. The summed E-state index contributed by atoms with van der Waals surface area (Å²) >= 11 is 0. The summed E-state index contributed by atoms with van der Waals surface area (Å²) in [5, 5.41) is 15.5. The maximum atomic E-state index is 11.5. The summed E-state index contributed by atoms with van der Waals surface area (Å²) in [5.41, 5.74) is 0. The Morgan fingerprint density at radius 3 is 2.47 bits per heavy atom. The zero-order valence-electron chi connectivity index (χ0n) is 11.6. The van der Waals surface area contributed by atoms with Crippen molar-refractivity contribution in [2.75, 3.05) is 13.1 Å². The second-order valence-electron chi connectivity index (χ2n) is 5.17. The molecule has 0 radical (unpaired) electrons. The lowest BCUT2D eigenvalue weighted by molar-refractivity contribution is -0.120. The van der Waals surface area contributed by atoms with E-state index < -0.39 is 0 Å². The molecular formula is C13H28N2O2. The average molecular weight is 244 g/mol. The van der Waals surface area contributed by atoms with Gasteiger partial charge in [-0.3, -0.25) is 4.79 Å². The molecule has 0 saturated heterocycles. The van der Waals surface area contributed by atoms with Crippen molar-refractivity contribution in [3.8, 4) is 0 Å². The van der Waals surface area contributed by atoms with Crippen molar-refractivity contribution < 1.29 is 9.90 Å². The third kappa shape index (κ3) is 10.3. The van der Waals surface area contributed by atoms with Crippen LogP contribution in [-0.4, -0.2) is 36.2 Å². The summed E-state index contributed by atoms with van der Waals surface area (Å²) in [6.45, 7) is 9.01. The van der Waals surface area contributed by atoms with E-state index in [2.05, 4.69) is 31.4 Å². The van der Waals surface area contributed by atoms with Crippen molar-refractivity contribution in [1.29, 1.82) is 0 Å². The molecule has 3 N–H and O–H groups in total. The average Bonchev–Trinajstić information content (AvgIpc) is 2.16. The van der Waals surface area contributed by atoms with Crippen LogP contribution in [0.4, 0.5) is 0 Å². The zero-order chi connectivity index (χ0) is 13.3. The molecule has 4 heteroatoms. The van der Waals surface area contributed by atoms with Crippen molar-refractivity contribution in [3.63, 3.8) is 0 Å². The predicted molar refractivity (Wildman–Crippen MR) is 70.8 cm³/mol. The molecule has 0 fully saturated rings. The molecule has 0 aromatic carbocycles. The third-order valence-electron chi connectivity index (χ3n) is 2.54. The first kappa shape index (κ1) is 16.4. The van der Waals surface area contributed by atoms with Gasteiger partial charge in [0.1, 0.15) is 0 Å². The van der Waals surface area contributed by atoms with Crippen molar-refractivity contribution in [3.05, 3.63) is 0 Å². The van der Waals surface area contributed by atoms with Crippen molar-refractivity contribution in [2.24, 2.45) is 5.92 Å². The largest absolute Gasteiger partial charge is 0.392 e. The van der Waals surface area contributed by atoms with E-state index in [9.17, 15) is 9.90 Å². The Morgan fingerprint density at radius 2 is 1.94 bits per heavy atom. The smallest absolute Gasteiger partial charge is 0.234 e. The number of rotatable bonds is 9. The fraction of sp³-hybridized carbons (Fsp3) is 0.923. The number of carbonyl (C=O) groups excluding carboxylic acids is 1. The van der Waals surface area contributed by atoms with E-state index in [1.165, 1.54) is 0 Å². The Balaban J connectivity index is 3.57. The number of hydrogen-bond donors (Lipinski definition) is 3. The van der Waals surface area contributed by atoms with Crippen molar-refractivity contribution in [2.45, 2.75) is 59.1 Å². The molecule has 0 aromatic heterocycles. The standard InChI is InChI=1S/C13H28N2O2/c1-5-6-11(4)15-13(17)9-14-8-12(16)7-10(2)3/h10-12,14,16H,5-9H2,1-4H3,(H,15,17). The second-order valence-corrected chi connectivity index (χ2v) is 5.17. The maximum Gasteiger partial charge on any atom is 0.234 e. The van der Waals surface area contributed by atoms with Crippen molar-refractivity contribution in [1.82, 2.24) is 10.6 Å². The van der Waals surface area contributed by atoms with Crippen LogP contribution in [0.15, 0.2) is 0 Å². The first-order valence-corrected chi connectivity index (χ1v) is 6.63. The van der Waals surface area contributed by atoms with Crippen LogP contribution in [0.1, 0.15) is 47.0 Å². The van der Waals surface area contributed by atoms with E-state index in [1.807, 2.05) is 6.92 Å². The highest BCUT2D eigenvalue weighted by Gasteiger charge is 2.09. The summed E-state index contributed by atoms with van der Waals surface area (Å²) in [6.07, 6.45) is 2.47. The van der Waals surface area contributed by atoms with E-state index in [0.29, 0.717) is 12.5 Å². The fourth-order valence-corrected chi connectivity index (χ4v) is 1.81. The molecule has 2 unspecified atom stereocenters. The Morgan fingerprint density at radius 1 is 1.29 bits per heavy atom. The topological polar surface area (TPSA) is 61.4 Å². The maximum absolute atomic E-state index is 11.5. The lowest BCUT2D eigenvalue weighted by Gasteiger charge is -2.15. The van der Waals surface area contributed by atoms with Gasteiger partial charge in [0.2, 0.25) is 5.91 Å². The van der Waals surface area contributed by atoms with Gasteiger partial charge in [-0.1, -0.05) is 27.2 Å². The molecule has 17 heavy (non-hydrogen) atoms. The van der Waals surface area contributed by atoms with Gasteiger partial charge in [0.25, 0.3) is 0 Å². The van der Waals surface area contributed by atoms with Gasteiger partial charge in [0, 0.05) is 12.6 Å². The van der Waals surface area contributed by atoms with Gasteiger partial charge in [0.15, 0.2) is 0 Å². The number of amides is 1. The summed E-state index contributed by atoms with van der Waals surface area (Å²) in [7, 11) is 0. The minimum Gasteiger partial charge on any atom is -0.392 e. The van der Waals surface area contributed by atoms with Crippen LogP contribution < -0.4 is 10.6 Å². The minimum atomic E-state index is -0.365. The molecule has 0 aliphatic rings. The number of hydrogen-bond acceptors (Lipinski definition) is 3. The van der Waals surface area contributed by atoms with E-state index in [1.54, 1.807) is 0 Å². The first-order valence-electron chi connectivity index (χ1n) is 6.63. The Hall–Kier alpha value is -0.610. The normalized spacial score (nSPS) is 14.7. The highest BCUT2D eigenvalue weighted by molar-refractivity contribution is 5.78. The Kier molecular flexibility index (Phi) is 9.09. The first-order chi connectivity index (χ1) is 7.95. The number of aliphatic hydroxyl groups is 1. The van der Waals surface area contributed by atoms with Crippen LogP contribution in [0.3, 0.4) is 0 Å². The minimum absolute atomic E-state index is 0.00250. The molecule has 0 spiro atoms. The van der Waals surface area contributed by atoms with Crippen LogP contribution in [0.5, 0.6) is 0 Å². The van der Waals surface area contributed by atoms with Crippen LogP contribution in [0, 0.1) is 5.92 Å². The number of carbonyl (C=O) groups is 1. The van der Waals surface area contributed by atoms with Gasteiger partial charge in [-0.05, 0) is 25.7 Å². The number of nitrogens with one attached hydrogen (secondary N) is 2. The SMILES string of the molecule is CCCC(C)NC(=O)CNCC(O)CC(C)C. The molecular weight excluding hydrogens is 216 g/mol. The van der Waals surface area contributed by atoms with Gasteiger partial charge in [0.05, 0.1) is 12.6 Å². The molecule has 2 atom stereocenters. The molecule has 102 valence electrons.